The lowest BCUT2D eigenvalue weighted by molar-refractivity contribution is -0.117. The number of aliphatic hydroxyl groups is 1. The second-order valence-electron chi connectivity index (χ2n) is 8.20. The van der Waals surface area contributed by atoms with Gasteiger partial charge >= 0.3 is 0 Å². The minimum absolute atomic E-state index is 0.0447. The monoisotopic (exact) mass is 457 g/mol. The molecule has 2 atom stereocenters. The molecule has 1 amide bonds. The first-order chi connectivity index (χ1) is 16.0. The molecule has 1 saturated heterocycles. The van der Waals surface area contributed by atoms with E-state index in [0.717, 1.165) is 37.6 Å². The van der Waals surface area contributed by atoms with Crippen molar-refractivity contribution in [2.75, 3.05) is 65.4 Å². The number of nitrogens with one attached hydrogen (secondary N) is 1. The predicted octanol–water partition coefficient (Wildman–Crippen LogP) is 1.46. The number of carbonyl (C=O) groups is 1. The van der Waals surface area contributed by atoms with Crippen LogP contribution < -0.4 is 24.3 Å². The molecule has 0 aliphatic carbocycles. The molecule has 1 fully saturated rings. The van der Waals surface area contributed by atoms with Gasteiger partial charge in [-0.25, -0.2) is 0 Å². The van der Waals surface area contributed by atoms with Gasteiger partial charge in [-0.2, -0.15) is 0 Å². The summed E-state index contributed by atoms with van der Waals surface area (Å²) in [5, 5.41) is 13.6. The Kier molecular flexibility index (Phi) is 7.54. The number of hydrogen-bond donors (Lipinski definition) is 2. The maximum Gasteiger partial charge on any atom is 0.238 e. The van der Waals surface area contributed by atoms with Crippen molar-refractivity contribution in [3.63, 3.8) is 0 Å². The molecule has 2 N–H and O–H groups in total. The third-order valence-electron chi connectivity index (χ3n) is 5.91. The molecule has 2 unspecified atom stereocenters. The summed E-state index contributed by atoms with van der Waals surface area (Å²) in [5.41, 5.74) is 0.747. The maximum absolute atomic E-state index is 12.4. The number of benzene rings is 2. The van der Waals surface area contributed by atoms with Gasteiger partial charge in [-0.1, -0.05) is 0 Å². The summed E-state index contributed by atoms with van der Waals surface area (Å²) in [7, 11) is 3.21. The summed E-state index contributed by atoms with van der Waals surface area (Å²) >= 11 is 0. The molecule has 0 bridgehead atoms. The lowest BCUT2D eigenvalue weighted by Gasteiger charge is -2.37. The molecule has 4 rings (SSSR count). The lowest BCUT2D eigenvalue weighted by Crippen LogP contribution is -2.53. The molecule has 9 heteroatoms. The molecule has 2 aliphatic heterocycles. The Morgan fingerprint density at radius 3 is 2.39 bits per heavy atom. The summed E-state index contributed by atoms with van der Waals surface area (Å²) in [4.78, 5) is 16.7. The molecule has 9 nitrogen and oxygen atoms in total. The van der Waals surface area contributed by atoms with E-state index in [0.29, 0.717) is 30.3 Å². The second-order valence-corrected chi connectivity index (χ2v) is 8.20. The molecule has 33 heavy (non-hydrogen) atoms. The molecule has 0 spiro atoms. The molecule has 2 aliphatic rings. The van der Waals surface area contributed by atoms with Gasteiger partial charge in [-0.05, 0) is 36.4 Å². The molecule has 2 aromatic carbocycles. The topological polar surface area (TPSA) is 92.7 Å². The van der Waals surface area contributed by atoms with E-state index in [-0.39, 0.29) is 12.5 Å². The van der Waals surface area contributed by atoms with Crippen LogP contribution in [-0.4, -0.2) is 93.1 Å². The average Bonchev–Trinajstić information content (AvgIpc) is 2.85. The Hall–Kier alpha value is -3.01. The zero-order valence-electron chi connectivity index (χ0n) is 19.0. The van der Waals surface area contributed by atoms with E-state index in [1.807, 2.05) is 24.3 Å². The largest absolute Gasteiger partial charge is 0.497 e. The van der Waals surface area contributed by atoms with Crippen LogP contribution in [0.1, 0.15) is 0 Å². The van der Waals surface area contributed by atoms with Crippen LogP contribution in [0.2, 0.25) is 0 Å². The first-order valence-electron chi connectivity index (χ1n) is 11.1. The number of rotatable bonds is 8. The number of hydrogen-bond acceptors (Lipinski definition) is 8. The molecule has 2 heterocycles. The van der Waals surface area contributed by atoms with Crippen molar-refractivity contribution < 1.29 is 28.8 Å². The summed E-state index contributed by atoms with van der Waals surface area (Å²) in [6, 6.07) is 12.7. The van der Waals surface area contributed by atoms with Gasteiger partial charge in [0, 0.05) is 44.5 Å². The quantitative estimate of drug-likeness (QED) is 0.616. The number of aliphatic hydroxyl groups excluding tert-OH is 1. The van der Waals surface area contributed by atoms with Crippen molar-refractivity contribution >= 4 is 11.6 Å². The Bertz CT molecular complexity index is 930. The molecule has 0 radical (unpaired) electrons. The maximum atomic E-state index is 12.4. The van der Waals surface area contributed by atoms with Gasteiger partial charge in [0.25, 0.3) is 0 Å². The van der Waals surface area contributed by atoms with E-state index in [4.69, 9.17) is 18.9 Å². The van der Waals surface area contributed by atoms with Crippen LogP contribution in [0.5, 0.6) is 23.0 Å². The zero-order valence-corrected chi connectivity index (χ0v) is 19.0. The van der Waals surface area contributed by atoms with E-state index in [2.05, 4.69) is 15.1 Å². The normalized spacial score (nSPS) is 19.5. The number of nitrogens with zero attached hydrogens (tertiary/aromatic N) is 2. The lowest BCUT2D eigenvalue weighted by atomic mass is 10.1. The number of methoxy groups -OCH3 is 2. The standard InChI is InChI=1S/C24H31N3O6/c1-30-18-5-3-17(4-6-18)25-24(29)15-27-11-9-26(10-12-27)14-20(28)23-16-32-22-13-19(31-2)7-8-21(22)33-23/h3-8,13,20,23,28H,9-12,14-16H2,1-2H3,(H,25,29). The van der Waals surface area contributed by atoms with Gasteiger partial charge < -0.3 is 29.4 Å². The number of carbonyl (C=O) groups excluding carboxylic acids is 1. The summed E-state index contributed by atoms with van der Waals surface area (Å²) in [5.74, 6) is 2.64. The van der Waals surface area contributed by atoms with Crippen molar-refractivity contribution in [2.45, 2.75) is 12.2 Å². The number of fused-ring (bicyclic) bond motifs is 1. The number of ether oxygens (including phenoxy) is 4. The highest BCUT2D eigenvalue weighted by Crippen LogP contribution is 2.35. The highest BCUT2D eigenvalue weighted by Gasteiger charge is 2.30. The van der Waals surface area contributed by atoms with E-state index in [9.17, 15) is 9.90 Å². The number of piperazine rings is 1. The van der Waals surface area contributed by atoms with Crippen molar-refractivity contribution in [3.8, 4) is 23.0 Å². The molecular formula is C24H31N3O6. The van der Waals surface area contributed by atoms with Crippen LogP contribution >= 0.6 is 0 Å². The third-order valence-corrected chi connectivity index (χ3v) is 5.91. The first kappa shape index (κ1) is 23.2. The fraction of sp³-hybridized carbons (Fsp3) is 0.458. The highest BCUT2D eigenvalue weighted by atomic mass is 16.6. The van der Waals surface area contributed by atoms with Gasteiger partial charge in [0.2, 0.25) is 5.91 Å². The van der Waals surface area contributed by atoms with Crippen LogP contribution in [0.15, 0.2) is 42.5 Å². The van der Waals surface area contributed by atoms with Crippen molar-refractivity contribution in [3.05, 3.63) is 42.5 Å². The fourth-order valence-electron chi connectivity index (χ4n) is 3.97. The summed E-state index contributed by atoms with van der Waals surface area (Å²) < 4.78 is 22.1. The van der Waals surface area contributed by atoms with Gasteiger partial charge in [-0.3, -0.25) is 14.6 Å². The minimum atomic E-state index is -0.676. The van der Waals surface area contributed by atoms with E-state index < -0.39 is 12.2 Å². The molecule has 0 saturated carbocycles. The van der Waals surface area contributed by atoms with Gasteiger partial charge in [-0.15, -0.1) is 0 Å². The predicted molar refractivity (Wildman–Crippen MR) is 123 cm³/mol. The van der Waals surface area contributed by atoms with Crippen molar-refractivity contribution in [1.82, 2.24) is 9.80 Å². The first-order valence-corrected chi connectivity index (χ1v) is 11.1. The number of amides is 1. The van der Waals surface area contributed by atoms with Gasteiger partial charge in [0.15, 0.2) is 17.6 Å². The Morgan fingerprint density at radius 1 is 1.03 bits per heavy atom. The van der Waals surface area contributed by atoms with Crippen LogP contribution in [-0.2, 0) is 4.79 Å². The fourth-order valence-corrected chi connectivity index (χ4v) is 3.97. The molecule has 178 valence electrons. The van der Waals surface area contributed by atoms with Crippen LogP contribution in [0, 0.1) is 0 Å². The van der Waals surface area contributed by atoms with E-state index >= 15 is 0 Å². The smallest absolute Gasteiger partial charge is 0.238 e. The minimum Gasteiger partial charge on any atom is -0.497 e. The van der Waals surface area contributed by atoms with Gasteiger partial charge in [0.05, 0.1) is 20.8 Å². The highest BCUT2D eigenvalue weighted by molar-refractivity contribution is 5.92. The summed E-state index contributed by atoms with van der Waals surface area (Å²) in [6.07, 6.45) is -1.11. The van der Waals surface area contributed by atoms with Crippen LogP contribution in [0.3, 0.4) is 0 Å². The van der Waals surface area contributed by atoms with Gasteiger partial charge in [0.1, 0.15) is 24.2 Å². The van der Waals surface area contributed by atoms with Crippen LogP contribution in [0.4, 0.5) is 5.69 Å². The Labute approximate surface area is 193 Å². The Balaban J connectivity index is 1.19. The average molecular weight is 458 g/mol. The number of anilines is 1. The number of β-amino-alcohol motifs (C(OH)–C–C–N with tert-alkyl or cyclic N) is 1. The molecular weight excluding hydrogens is 426 g/mol. The van der Waals surface area contributed by atoms with Crippen LogP contribution in [0.25, 0.3) is 0 Å². The SMILES string of the molecule is COc1ccc(NC(=O)CN2CCN(CC(O)C3COc4cc(OC)ccc4O3)CC2)cc1. The molecule has 2 aromatic rings. The molecule has 0 aromatic heterocycles. The summed E-state index contributed by atoms with van der Waals surface area (Å²) in [6.45, 7) is 4.17. The third kappa shape index (κ3) is 6.07. The zero-order chi connectivity index (χ0) is 23.2. The van der Waals surface area contributed by atoms with Crippen molar-refractivity contribution in [1.29, 1.82) is 0 Å². The second kappa shape index (κ2) is 10.7. The van der Waals surface area contributed by atoms with Crippen molar-refractivity contribution in [2.24, 2.45) is 0 Å². The van der Waals surface area contributed by atoms with E-state index in [1.54, 1.807) is 32.4 Å². The Morgan fingerprint density at radius 2 is 1.70 bits per heavy atom. The van der Waals surface area contributed by atoms with E-state index in [1.165, 1.54) is 0 Å².